The lowest BCUT2D eigenvalue weighted by molar-refractivity contribution is -0.113. The van der Waals surface area contributed by atoms with Crippen LogP contribution in [0.3, 0.4) is 0 Å². The summed E-state index contributed by atoms with van der Waals surface area (Å²) in [6.45, 7) is 5.02. The summed E-state index contributed by atoms with van der Waals surface area (Å²) in [7, 11) is 1.56. The normalized spacial score (nSPS) is 12.5. The smallest absolute Gasteiger partial charge is 0.341 e. The fourth-order valence-electron chi connectivity index (χ4n) is 4.49. The number of benzene rings is 1. The molecule has 4 rings (SSSR count). The minimum atomic E-state index is -0.384. The van der Waals surface area contributed by atoms with Crippen molar-refractivity contribution in [1.82, 2.24) is 20.1 Å². The number of nitrogens with zero attached hydrogens (tertiary/aromatic N) is 3. The number of amides is 2. The topological polar surface area (TPSA) is 124 Å². The Bertz CT molecular complexity index is 1350. The van der Waals surface area contributed by atoms with Crippen LogP contribution >= 0.6 is 23.1 Å². The van der Waals surface area contributed by atoms with E-state index in [0.717, 1.165) is 49.0 Å². The van der Waals surface area contributed by atoms with E-state index in [-0.39, 0.29) is 36.7 Å². The fourth-order valence-corrected chi connectivity index (χ4v) is 6.57. The molecule has 1 aliphatic carbocycles. The monoisotopic (exact) mass is 585 g/mol. The van der Waals surface area contributed by atoms with Gasteiger partial charge in [-0.05, 0) is 62.8 Å². The zero-order valence-corrected chi connectivity index (χ0v) is 24.7. The summed E-state index contributed by atoms with van der Waals surface area (Å²) in [5.41, 5.74) is 2.00. The number of ether oxygens (including phenoxy) is 2. The van der Waals surface area contributed by atoms with Gasteiger partial charge in [0.2, 0.25) is 5.91 Å². The van der Waals surface area contributed by atoms with E-state index in [4.69, 9.17) is 9.47 Å². The molecule has 3 aromatic rings. The van der Waals surface area contributed by atoms with E-state index in [1.165, 1.54) is 23.1 Å². The number of rotatable bonds is 13. The third kappa shape index (κ3) is 7.22. The Labute approximate surface area is 242 Å². The summed E-state index contributed by atoms with van der Waals surface area (Å²) in [5.74, 6) is 0.465. The van der Waals surface area contributed by atoms with Crippen molar-refractivity contribution >= 4 is 45.9 Å². The molecule has 1 aromatic carbocycles. The highest BCUT2D eigenvalue weighted by Crippen LogP contribution is 2.38. The highest BCUT2D eigenvalue weighted by Gasteiger charge is 2.27. The average Bonchev–Trinajstić information content (AvgIpc) is 3.53. The van der Waals surface area contributed by atoms with Gasteiger partial charge < -0.3 is 24.7 Å². The van der Waals surface area contributed by atoms with Crippen molar-refractivity contribution in [3.8, 4) is 5.75 Å². The summed E-state index contributed by atoms with van der Waals surface area (Å²) >= 11 is 2.75. The first kappa shape index (κ1) is 29.6. The van der Waals surface area contributed by atoms with Crippen molar-refractivity contribution in [1.29, 1.82) is 0 Å². The molecule has 10 nitrogen and oxygen atoms in total. The molecule has 40 heavy (non-hydrogen) atoms. The number of carbonyl (C=O) groups is 3. The van der Waals surface area contributed by atoms with E-state index in [1.54, 1.807) is 38.3 Å². The van der Waals surface area contributed by atoms with Crippen molar-refractivity contribution < 1.29 is 23.9 Å². The maximum Gasteiger partial charge on any atom is 0.341 e. The molecule has 2 N–H and O–H groups in total. The van der Waals surface area contributed by atoms with Crippen LogP contribution in [0.2, 0.25) is 0 Å². The van der Waals surface area contributed by atoms with Crippen LogP contribution in [0.1, 0.15) is 76.5 Å². The van der Waals surface area contributed by atoms with Crippen LogP contribution in [0.25, 0.3) is 0 Å². The van der Waals surface area contributed by atoms with Gasteiger partial charge >= 0.3 is 5.97 Å². The molecule has 2 aromatic heterocycles. The Kier molecular flexibility index (Phi) is 10.6. The minimum Gasteiger partial charge on any atom is -0.497 e. The zero-order valence-electron chi connectivity index (χ0n) is 23.1. The molecule has 2 amide bonds. The summed E-state index contributed by atoms with van der Waals surface area (Å²) in [4.78, 5) is 39.5. The predicted octanol–water partition coefficient (Wildman–Crippen LogP) is 4.86. The average molecular weight is 586 g/mol. The van der Waals surface area contributed by atoms with Crippen LogP contribution in [-0.2, 0) is 35.5 Å². The van der Waals surface area contributed by atoms with Crippen molar-refractivity contribution in [2.45, 2.75) is 70.6 Å². The number of aryl methyl sites for hydroxylation is 1. The van der Waals surface area contributed by atoms with Crippen LogP contribution < -0.4 is 15.4 Å². The summed E-state index contributed by atoms with van der Waals surface area (Å²) in [6, 6.07) is 6.94. The van der Waals surface area contributed by atoms with Gasteiger partial charge in [-0.1, -0.05) is 31.2 Å². The second-order valence-corrected chi connectivity index (χ2v) is 11.3. The molecule has 2 heterocycles. The van der Waals surface area contributed by atoms with Gasteiger partial charge in [-0.2, -0.15) is 0 Å². The van der Waals surface area contributed by atoms with Crippen LogP contribution in [0.15, 0.2) is 29.4 Å². The van der Waals surface area contributed by atoms with Gasteiger partial charge in [-0.15, -0.1) is 21.5 Å². The van der Waals surface area contributed by atoms with Crippen LogP contribution in [0.5, 0.6) is 5.75 Å². The second-order valence-electron chi connectivity index (χ2n) is 9.29. The Hall–Kier alpha value is -3.38. The van der Waals surface area contributed by atoms with Gasteiger partial charge in [0.15, 0.2) is 11.0 Å². The number of carbonyl (C=O) groups excluding carboxylic acids is 3. The number of thioether (sulfide) groups is 1. The molecule has 1 aliphatic rings. The highest BCUT2D eigenvalue weighted by molar-refractivity contribution is 7.99. The zero-order chi connectivity index (χ0) is 28.5. The van der Waals surface area contributed by atoms with Gasteiger partial charge in [0.05, 0.1) is 31.6 Å². The first-order valence-corrected chi connectivity index (χ1v) is 15.3. The van der Waals surface area contributed by atoms with Gasteiger partial charge in [0.25, 0.3) is 5.91 Å². The molecule has 0 fully saturated rings. The lowest BCUT2D eigenvalue weighted by Gasteiger charge is -2.12. The number of hydrogen-bond donors (Lipinski definition) is 2. The third-order valence-electron chi connectivity index (χ3n) is 6.50. The third-order valence-corrected chi connectivity index (χ3v) is 8.68. The van der Waals surface area contributed by atoms with Crippen LogP contribution in [-0.4, -0.2) is 52.0 Å². The molecule has 0 spiro atoms. The molecular formula is C28H35N5O5S2. The number of hydrogen-bond acceptors (Lipinski definition) is 9. The minimum absolute atomic E-state index is 0.102. The van der Waals surface area contributed by atoms with Gasteiger partial charge in [-0.3, -0.25) is 9.59 Å². The SMILES string of the molecule is CCCCn1c(CNC(=O)c2cccc(OC)c2)nnc1SCC(=O)Nc1sc2c(c1C(=O)OCC)CCCC2. The second kappa shape index (κ2) is 14.3. The van der Waals surface area contributed by atoms with Crippen molar-refractivity contribution in [3.63, 3.8) is 0 Å². The standard InChI is InChI=1S/C28H35N5O5S2/c1-4-6-14-33-22(16-29-25(35)18-10-9-11-19(15-18)37-3)31-32-28(33)39-17-23(34)30-26-24(27(36)38-5-2)20-12-7-8-13-21(20)40-26/h9-11,15H,4-8,12-14,16-17H2,1-3H3,(H,29,35)(H,30,34). The van der Waals surface area contributed by atoms with E-state index in [2.05, 4.69) is 27.8 Å². The first-order valence-electron chi connectivity index (χ1n) is 13.5. The molecule has 0 atom stereocenters. The number of methoxy groups -OCH3 is 1. The largest absolute Gasteiger partial charge is 0.497 e. The van der Waals surface area contributed by atoms with Gasteiger partial charge in [0, 0.05) is 17.0 Å². The Balaban J connectivity index is 1.42. The van der Waals surface area contributed by atoms with E-state index >= 15 is 0 Å². The Morgan fingerprint density at radius 1 is 1.15 bits per heavy atom. The summed E-state index contributed by atoms with van der Waals surface area (Å²) < 4.78 is 12.4. The number of anilines is 1. The van der Waals surface area contributed by atoms with Gasteiger partial charge in [-0.25, -0.2) is 4.79 Å². The first-order chi connectivity index (χ1) is 19.4. The van der Waals surface area contributed by atoms with Crippen molar-refractivity contribution in [2.24, 2.45) is 0 Å². The molecule has 0 radical (unpaired) electrons. The van der Waals surface area contributed by atoms with Crippen LogP contribution in [0.4, 0.5) is 5.00 Å². The predicted molar refractivity (Wildman–Crippen MR) is 155 cm³/mol. The maximum atomic E-state index is 13.0. The number of esters is 1. The van der Waals surface area contributed by atoms with Crippen LogP contribution in [0, 0.1) is 0 Å². The van der Waals surface area contributed by atoms with Gasteiger partial charge in [0.1, 0.15) is 10.8 Å². The molecule has 0 unspecified atom stereocenters. The van der Waals surface area contributed by atoms with E-state index in [9.17, 15) is 14.4 Å². The highest BCUT2D eigenvalue weighted by atomic mass is 32.2. The fraction of sp³-hybridized carbons (Fsp3) is 0.464. The van der Waals surface area contributed by atoms with E-state index in [1.807, 2.05) is 4.57 Å². The Morgan fingerprint density at radius 2 is 1.98 bits per heavy atom. The molecule has 0 aliphatic heterocycles. The summed E-state index contributed by atoms with van der Waals surface area (Å²) in [5, 5.41) is 15.6. The molecule has 0 bridgehead atoms. The van der Waals surface area contributed by atoms with E-state index in [0.29, 0.717) is 39.4 Å². The number of fused-ring (bicyclic) bond motifs is 1. The van der Waals surface area contributed by atoms with Crippen molar-refractivity contribution in [3.05, 3.63) is 51.7 Å². The number of nitrogens with one attached hydrogen (secondary N) is 2. The molecule has 0 saturated carbocycles. The van der Waals surface area contributed by atoms with Crippen molar-refractivity contribution in [2.75, 3.05) is 24.8 Å². The molecule has 12 heteroatoms. The summed E-state index contributed by atoms with van der Waals surface area (Å²) in [6.07, 6.45) is 5.71. The molecule has 214 valence electrons. The molecular weight excluding hydrogens is 550 g/mol. The number of aromatic nitrogens is 3. The Morgan fingerprint density at radius 3 is 2.75 bits per heavy atom. The lowest BCUT2D eigenvalue weighted by atomic mass is 9.95. The number of thiophene rings is 1. The maximum absolute atomic E-state index is 13.0. The number of unbranched alkanes of at least 4 members (excludes halogenated alkanes) is 1. The quantitative estimate of drug-likeness (QED) is 0.215. The molecule has 0 saturated heterocycles. The van der Waals surface area contributed by atoms with E-state index < -0.39 is 0 Å². The lowest BCUT2D eigenvalue weighted by Crippen LogP contribution is -2.25.